The molecule has 0 heterocycles. The largest absolute Gasteiger partial charge is 0.316 e. The van der Waals surface area contributed by atoms with E-state index >= 15 is 0 Å². The van der Waals surface area contributed by atoms with Crippen LogP contribution in [0.2, 0.25) is 10.0 Å². The molecule has 1 N–H and O–H groups in total. The lowest BCUT2D eigenvalue weighted by molar-refractivity contribution is 0.590. The summed E-state index contributed by atoms with van der Waals surface area (Å²) in [7, 11) is -3.29. The Kier molecular flexibility index (Phi) is 5.73. The Morgan fingerprint density at radius 1 is 1.18 bits per heavy atom. The minimum atomic E-state index is -3.29. The zero-order chi connectivity index (χ0) is 12.9. The quantitative estimate of drug-likeness (QED) is 0.821. The van der Waals surface area contributed by atoms with Crippen molar-refractivity contribution in [3.63, 3.8) is 0 Å². The first kappa shape index (κ1) is 14.8. The molecule has 0 aromatic heterocycles. The molecular formula is C11H15Cl2NO2S. The van der Waals surface area contributed by atoms with E-state index in [-0.39, 0.29) is 15.7 Å². The second-order valence-electron chi connectivity index (χ2n) is 3.64. The van der Waals surface area contributed by atoms with E-state index in [1.807, 2.05) is 6.92 Å². The lowest BCUT2D eigenvalue weighted by Gasteiger charge is -2.06. The molecule has 17 heavy (non-hydrogen) atoms. The van der Waals surface area contributed by atoms with Crippen LogP contribution in [0.4, 0.5) is 0 Å². The van der Waals surface area contributed by atoms with Gasteiger partial charge in [0.05, 0.1) is 20.7 Å². The van der Waals surface area contributed by atoms with Gasteiger partial charge in [0.15, 0.2) is 9.84 Å². The Balaban J connectivity index is 2.72. The average Bonchev–Trinajstić information content (AvgIpc) is 2.28. The van der Waals surface area contributed by atoms with Gasteiger partial charge in [-0.05, 0) is 31.2 Å². The standard InChI is InChI=1S/C11H15Cl2NO2S/c1-2-5-14-6-7-17(15,16)9-3-4-10(12)11(13)8-9/h3-4,8,14H,2,5-7H2,1H3. The normalized spacial score (nSPS) is 11.7. The molecule has 1 aromatic carbocycles. The van der Waals surface area contributed by atoms with Crippen LogP contribution in [-0.2, 0) is 9.84 Å². The first-order valence-electron chi connectivity index (χ1n) is 5.36. The topological polar surface area (TPSA) is 46.2 Å². The van der Waals surface area contributed by atoms with Crippen LogP contribution in [0.1, 0.15) is 13.3 Å². The summed E-state index contributed by atoms with van der Waals surface area (Å²) in [5.74, 6) is 0.0605. The maximum Gasteiger partial charge on any atom is 0.179 e. The molecule has 3 nitrogen and oxygen atoms in total. The van der Waals surface area contributed by atoms with E-state index in [2.05, 4.69) is 5.32 Å². The summed E-state index contributed by atoms with van der Waals surface area (Å²) in [6, 6.07) is 4.36. The van der Waals surface area contributed by atoms with E-state index in [0.717, 1.165) is 13.0 Å². The lowest BCUT2D eigenvalue weighted by Crippen LogP contribution is -2.23. The van der Waals surface area contributed by atoms with Gasteiger partial charge in [-0.3, -0.25) is 0 Å². The molecular weight excluding hydrogens is 281 g/mol. The second-order valence-corrected chi connectivity index (χ2v) is 6.57. The van der Waals surface area contributed by atoms with E-state index in [9.17, 15) is 8.42 Å². The molecule has 0 saturated carbocycles. The molecule has 96 valence electrons. The second kappa shape index (κ2) is 6.59. The van der Waals surface area contributed by atoms with Crippen LogP contribution >= 0.6 is 23.2 Å². The first-order valence-corrected chi connectivity index (χ1v) is 7.76. The van der Waals surface area contributed by atoms with Gasteiger partial charge < -0.3 is 5.32 Å². The van der Waals surface area contributed by atoms with Gasteiger partial charge in [0.2, 0.25) is 0 Å². The summed E-state index contributed by atoms with van der Waals surface area (Å²) < 4.78 is 23.8. The highest BCUT2D eigenvalue weighted by Gasteiger charge is 2.15. The minimum Gasteiger partial charge on any atom is -0.316 e. The molecule has 0 bridgehead atoms. The van der Waals surface area contributed by atoms with Gasteiger partial charge in [-0.15, -0.1) is 0 Å². The number of hydrogen-bond acceptors (Lipinski definition) is 3. The molecule has 0 amide bonds. The zero-order valence-corrected chi connectivity index (χ0v) is 11.9. The van der Waals surface area contributed by atoms with Gasteiger partial charge in [0.25, 0.3) is 0 Å². The van der Waals surface area contributed by atoms with E-state index in [4.69, 9.17) is 23.2 Å². The Morgan fingerprint density at radius 3 is 2.47 bits per heavy atom. The summed E-state index contributed by atoms with van der Waals surface area (Å²) in [6.07, 6.45) is 0.979. The highest BCUT2D eigenvalue weighted by atomic mass is 35.5. The van der Waals surface area contributed by atoms with Crippen LogP contribution < -0.4 is 5.32 Å². The van der Waals surface area contributed by atoms with Crippen molar-refractivity contribution in [1.29, 1.82) is 0 Å². The molecule has 0 atom stereocenters. The number of benzene rings is 1. The van der Waals surface area contributed by atoms with E-state index in [1.54, 1.807) is 0 Å². The van der Waals surface area contributed by atoms with Crippen molar-refractivity contribution in [1.82, 2.24) is 5.32 Å². The maximum atomic E-state index is 11.9. The highest BCUT2D eigenvalue weighted by molar-refractivity contribution is 7.91. The number of halogens is 2. The SMILES string of the molecule is CCCNCCS(=O)(=O)c1ccc(Cl)c(Cl)c1. The van der Waals surface area contributed by atoms with Gasteiger partial charge >= 0.3 is 0 Å². The first-order chi connectivity index (χ1) is 7.97. The predicted molar refractivity (Wildman–Crippen MR) is 71.7 cm³/mol. The van der Waals surface area contributed by atoms with Gasteiger partial charge in [0.1, 0.15) is 0 Å². The van der Waals surface area contributed by atoms with Crippen LogP contribution in [0.5, 0.6) is 0 Å². The fourth-order valence-corrected chi connectivity index (χ4v) is 2.88. The highest BCUT2D eigenvalue weighted by Crippen LogP contribution is 2.25. The number of sulfone groups is 1. The summed E-state index contributed by atoms with van der Waals surface area (Å²) in [6.45, 7) is 3.29. The molecule has 0 radical (unpaired) electrons. The minimum absolute atomic E-state index is 0.0605. The van der Waals surface area contributed by atoms with Crippen molar-refractivity contribution >= 4 is 33.0 Å². The molecule has 1 rings (SSSR count). The van der Waals surface area contributed by atoms with Crippen molar-refractivity contribution in [2.75, 3.05) is 18.8 Å². The van der Waals surface area contributed by atoms with E-state index in [0.29, 0.717) is 11.6 Å². The average molecular weight is 296 g/mol. The van der Waals surface area contributed by atoms with Crippen LogP contribution in [0, 0.1) is 0 Å². The summed E-state index contributed by atoms with van der Waals surface area (Å²) in [4.78, 5) is 0.213. The summed E-state index contributed by atoms with van der Waals surface area (Å²) in [5.41, 5.74) is 0. The fraction of sp³-hybridized carbons (Fsp3) is 0.455. The third-order valence-corrected chi connectivity index (χ3v) is 4.68. The van der Waals surface area contributed by atoms with Gasteiger partial charge in [-0.25, -0.2) is 8.42 Å². The Bertz CT molecular complexity index is 474. The van der Waals surface area contributed by atoms with Gasteiger partial charge in [-0.1, -0.05) is 30.1 Å². The Hall–Kier alpha value is -0.290. The van der Waals surface area contributed by atoms with Crippen LogP contribution in [-0.4, -0.2) is 27.3 Å². The molecule has 0 aliphatic heterocycles. The summed E-state index contributed by atoms with van der Waals surface area (Å²) in [5, 5.41) is 3.66. The van der Waals surface area contributed by atoms with Crippen LogP contribution in [0.25, 0.3) is 0 Å². The van der Waals surface area contributed by atoms with Crippen molar-refractivity contribution in [3.8, 4) is 0 Å². The van der Waals surface area contributed by atoms with Crippen LogP contribution in [0.15, 0.2) is 23.1 Å². The molecule has 1 aromatic rings. The molecule has 0 aliphatic carbocycles. The van der Waals surface area contributed by atoms with Crippen molar-refractivity contribution in [2.45, 2.75) is 18.2 Å². The maximum absolute atomic E-state index is 11.9. The molecule has 0 unspecified atom stereocenters. The number of hydrogen-bond donors (Lipinski definition) is 1. The Labute approximate surface area is 112 Å². The number of rotatable bonds is 6. The van der Waals surface area contributed by atoms with Gasteiger partial charge in [-0.2, -0.15) is 0 Å². The molecule has 0 aliphatic rings. The van der Waals surface area contributed by atoms with Crippen molar-refractivity contribution < 1.29 is 8.42 Å². The summed E-state index contributed by atoms with van der Waals surface area (Å²) >= 11 is 11.5. The van der Waals surface area contributed by atoms with Crippen LogP contribution in [0.3, 0.4) is 0 Å². The van der Waals surface area contributed by atoms with E-state index < -0.39 is 9.84 Å². The monoisotopic (exact) mass is 295 g/mol. The smallest absolute Gasteiger partial charge is 0.179 e. The molecule has 6 heteroatoms. The molecule has 0 fully saturated rings. The molecule has 0 saturated heterocycles. The molecule has 0 spiro atoms. The lowest BCUT2D eigenvalue weighted by atomic mass is 10.4. The van der Waals surface area contributed by atoms with Gasteiger partial charge in [0, 0.05) is 6.54 Å². The third-order valence-electron chi connectivity index (χ3n) is 2.22. The Morgan fingerprint density at radius 2 is 1.88 bits per heavy atom. The van der Waals surface area contributed by atoms with E-state index in [1.165, 1.54) is 18.2 Å². The van der Waals surface area contributed by atoms with Crippen molar-refractivity contribution in [2.24, 2.45) is 0 Å². The predicted octanol–water partition coefficient (Wildman–Crippen LogP) is 2.77. The third kappa shape index (κ3) is 4.47. The fourth-order valence-electron chi connectivity index (χ4n) is 1.30. The zero-order valence-electron chi connectivity index (χ0n) is 9.54. The number of nitrogens with one attached hydrogen (secondary N) is 1. The van der Waals surface area contributed by atoms with Crippen molar-refractivity contribution in [3.05, 3.63) is 28.2 Å².